The number of hydrogen-bond acceptors (Lipinski definition) is 4. The highest BCUT2D eigenvalue weighted by Gasteiger charge is 2.30. The molecule has 0 bridgehead atoms. The van der Waals surface area contributed by atoms with E-state index in [1.54, 1.807) is 24.3 Å². The van der Waals surface area contributed by atoms with Gasteiger partial charge in [0.1, 0.15) is 5.75 Å². The van der Waals surface area contributed by atoms with Gasteiger partial charge in [0, 0.05) is 6.04 Å². The monoisotopic (exact) mass is 473 g/mol. The molecule has 6 nitrogen and oxygen atoms in total. The molecule has 1 aliphatic carbocycles. The largest absolute Gasteiger partial charge is 0.482 e. The van der Waals surface area contributed by atoms with Gasteiger partial charge in [-0.2, -0.15) is 0 Å². The summed E-state index contributed by atoms with van der Waals surface area (Å²) < 4.78 is 35.5. The van der Waals surface area contributed by atoms with Crippen LogP contribution in [-0.4, -0.2) is 26.1 Å². The number of carboxylic acid groups (broad SMARTS) is 1. The number of hydrogen-bond donors (Lipinski definition) is 2. The van der Waals surface area contributed by atoms with Gasteiger partial charge in [0.25, 0.3) is 0 Å². The zero-order valence-electron chi connectivity index (χ0n) is 20.4. The average molecular weight is 474 g/mol. The highest BCUT2D eigenvalue weighted by Crippen LogP contribution is 2.37. The summed E-state index contributed by atoms with van der Waals surface area (Å²) in [6.07, 6.45) is 2.17. The Kier molecular flexibility index (Phi) is 6.97. The lowest BCUT2D eigenvalue weighted by Gasteiger charge is -2.29. The Morgan fingerprint density at radius 2 is 1.67 bits per heavy atom. The minimum Gasteiger partial charge on any atom is -0.482 e. The van der Waals surface area contributed by atoms with E-state index in [9.17, 15) is 13.2 Å². The molecule has 0 amide bonds. The number of aliphatic carboxylic acids is 1. The first kappa shape index (κ1) is 25.2. The van der Waals surface area contributed by atoms with Gasteiger partial charge in [0.05, 0.1) is 4.90 Å². The summed E-state index contributed by atoms with van der Waals surface area (Å²) in [5.74, 6) is -0.544. The van der Waals surface area contributed by atoms with E-state index in [4.69, 9.17) is 9.84 Å². The molecule has 1 unspecified atom stereocenters. The number of sulfonamides is 1. The van der Waals surface area contributed by atoms with Crippen molar-refractivity contribution in [3.63, 3.8) is 0 Å². The number of ether oxygens (including phenoxy) is 1. The van der Waals surface area contributed by atoms with Crippen LogP contribution in [0.2, 0.25) is 0 Å². The molecule has 2 aromatic rings. The number of carboxylic acids is 1. The fraction of sp³-hybridized carbons (Fsp3) is 0.500. The first-order valence-electron chi connectivity index (χ1n) is 11.3. The molecular formula is C26H35NO5S. The molecule has 0 saturated carbocycles. The molecule has 2 aromatic carbocycles. The Labute approximate surface area is 197 Å². The third-order valence-electron chi connectivity index (χ3n) is 6.06. The molecule has 1 atom stereocenters. The Balaban J connectivity index is 1.99. The Morgan fingerprint density at radius 3 is 2.21 bits per heavy atom. The van der Waals surface area contributed by atoms with E-state index in [2.05, 4.69) is 52.3 Å². The molecule has 0 aromatic heterocycles. The van der Waals surface area contributed by atoms with Gasteiger partial charge in [-0.15, -0.1) is 0 Å². The summed E-state index contributed by atoms with van der Waals surface area (Å²) in [6.45, 7) is 12.0. The quantitative estimate of drug-likeness (QED) is 0.609. The number of fused-ring (bicyclic) bond motifs is 1. The van der Waals surface area contributed by atoms with Gasteiger partial charge in [0.2, 0.25) is 10.0 Å². The number of benzene rings is 2. The van der Waals surface area contributed by atoms with Gasteiger partial charge in [-0.3, -0.25) is 0 Å². The van der Waals surface area contributed by atoms with Crippen molar-refractivity contribution in [1.29, 1.82) is 0 Å². The van der Waals surface area contributed by atoms with Crippen LogP contribution in [0.5, 0.6) is 5.75 Å². The van der Waals surface area contributed by atoms with Crippen LogP contribution in [0.25, 0.3) is 0 Å². The summed E-state index contributed by atoms with van der Waals surface area (Å²) in [5.41, 5.74) is 3.28. The van der Waals surface area contributed by atoms with Crippen molar-refractivity contribution in [3.05, 3.63) is 58.7 Å². The minimum absolute atomic E-state index is 0.195. The predicted octanol–water partition coefficient (Wildman–Crippen LogP) is 5.10. The molecule has 33 heavy (non-hydrogen) atoms. The molecule has 3 rings (SSSR count). The zero-order chi connectivity index (χ0) is 24.6. The highest BCUT2D eigenvalue weighted by molar-refractivity contribution is 7.89. The zero-order valence-corrected chi connectivity index (χ0v) is 21.2. The van der Waals surface area contributed by atoms with E-state index in [0.29, 0.717) is 12.2 Å². The van der Waals surface area contributed by atoms with Crippen LogP contribution in [0, 0.1) is 0 Å². The fourth-order valence-corrected chi connectivity index (χ4v) is 5.41. The molecule has 0 radical (unpaired) electrons. The van der Waals surface area contributed by atoms with Crippen LogP contribution in [0.3, 0.4) is 0 Å². The lowest BCUT2D eigenvalue weighted by atomic mass is 9.81. The van der Waals surface area contributed by atoms with E-state index < -0.39 is 28.6 Å². The van der Waals surface area contributed by atoms with Gasteiger partial charge < -0.3 is 9.84 Å². The number of nitrogens with one attached hydrogen (secondary N) is 1. The highest BCUT2D eigenvalue weighted by atomic mass is 32.2. The summed E-state index contributed by atoms with van der Waals surface area (Å²) in [4.78, 5) is 11.2. The second-order valence-corrected chi connectivity index (χ2v) is 12.5. The van der Waals surface area contributed by atoms with Gasteiger partial charge >= 0.3 is 5.97 Å². The smallest absolute Gasteiger partial charge is 0.341 e. The summed E-state index contributed by atoms with van der Waals surface area (Å²) in [6, 6.07) is 10.6. The summed E-state index contributed by atoms with van der Waals surface area (Å²) in [7, 11) is -3.79. The van der Waals surface area contributed by atoms with Crippen LogP contribution in [0.1, 0.15) is 82.7 Å². The second kappa shape index (κ2) is 9.11. The fourth-order valence-electron chi connectivity index (χ4n) is 4.09. The molecule has 0 aliphatic heterocycles. The Bertz CT molecular complexity index is 1110. The Morgan fingerprint density at radius 1 is 1.06 bits per heavy atom. The van der Waals surface area contributed by atoms with Crippen LogP contribution in [0.4, 0.5) is 0 Å². The average Bonchev–Trinajstić information content (AvgIpc) is 2.70. The van der Waals surface area contributed by atoms with Crippen LogP contribution < -0.4 is 9.46 Å². The number of rotatable bonds is 6. The minimum atomic E-state index is -3.79. The van der Waals surface area contributed by atoms with Crippen molar-refractivity contribution >= 4 is 16.0 Å². The van der Waals surface area contributed by atoms with E-state index in [0.717, 1.165) is 35.1 Å². The maximum absolute atomic E-state index is 13.5. The van der Waals surface area contributed by atoms with Crippen molar-refractivity contribution in [2.45, 2.75) is 82.6 Å². The lowest BCUT2D eigenvalue weighted by molar-refractivity contribution is -0.139. The lowest BCUT2D eigenvalue weighted by Crippen LogP contribution is -2.32. The molecule has 1 aliphatic rings. The van der Waals surface area contributed by atoms with Crippen LogP contribution in [-0.2, 0) is 32.1 Å². The van der Waals surface area contributed by atoms with Gasteiger partial charge in [0.15, 0.2) is 6.61 Å². The van der Waals surface area contributed by atoms with E-state index >= 15 is 0 Å². The molecular weight excluding hydrogens is 438 g/mol. The van der Waals surface area contributed by atoms with Crippen LogP contribution in [0.15, 0.2) is 41.3 Å². The van der Waals surface area contributed by atoms with Crippen molar-refractivity contribution in [2.24, 2.45) is 0 Å². The first-order chi connectivity index (χ1) is 15.2. The molecule has 0 saturated heterocycles. The second-order valence-electron chi connectivity index (χ2n) is 10.8. The number of carbonyl (C=O) groups is 1. The van der Waals surface area contributed by atoms with Gasteiger partial charge in [-0.1, -0.05) is 59.7 Å². The molecule has 7 heteroatoms. The summed E-state index contributed by atoms with van der Waals surface area (Å²) >= 11 is 0. The van der Waals surface area contributed by atoms with Crippen molar-refractivity contribution < 1.29 is 23.1 Å². The molecule has 2 N–H and O–H groups in total. The van der Waals surface area contributed by atoms with Crippen LogP contribution >= 0.6 is 0 Å². The van der Waals surface area contributed by atoms with E-state index in [1.165, 1.54) is 0 Å². The first-order valence-corrected chi connectivity index (χ1v) is 12.8. The topological polar surface area (TPSA) is 92.7 Å². The van der Waals surface area contributed by atoms with Crippen molar-refractivity contribution in [1.82, 2.24) is 4.72 Å². The normalized spacial score (nSPS) is 16.8. The molecule has 0 heterocycles. The maximum Gasteiger partial charge on any atom is 0.341 e. The predicted molar refractivity (Wildman–Crippen MR) is 129 cm³/mol. The standard InChI is InChI=1S/C26H35NO5S/c1-25(2,3)17-13-18(26(4,5)6)15-19(14-17)33(30,31)27-22-11-7-10-21-20(22)9-8-12-23(21)32-16-24(28)29/h8-9,12-15,22,27H,7,10-11,16H2,1-6H3,(H,28,29). The molecule has 0 spiro atoms. The molecule has 180 valence electrons. The van der Waals surface area contributed by atoms with Crippen molar-refractivity contribution in [3.8, 4) is 5.75 Å². The van der Waals surface area contributed by atoms with Crippen molar-refractivity contribution in [2.75, 3.05) is 6.61 Å². The maximum atomic E-state index is 13.5. The SMILES string of the molecule is CC(C)(C)c1cc(C(C)(C)C)cc(S(=O)(=O)NC2CCCc3c(OCC(=O)O)cccc32)c1. The summed E-state index contributed by atoms with van der Waals surface area (Å²) in [5, 5.41) is 8.95. The van der Waals surface area contributed by atoms with E-state index in [-0.39, 0.29) is 15.7 Å². The van der Waals surface area contributed by atoms with Gasteiger partial charge in [-0.25, -0.2) is 17.9 Å². The third kappa shape index (κ3) is 5.95. The molecule has 0 fully saturated rings. The Hall–Kier alpha value is -2.38. The third-order valence-corrected chi connectivity index (χ3v) is 7.51. The van der Waals surface area contributed by atoms with Gasteiger partial charge in [-0.05, 0) is 70.5 Å². The van der Waals surface area contributed by atoms with E-state index in [1.807, 2.05) is 6.07 Å².